The molecule has 19 heavy (non-hydrogen) atoms. The minimum absolute atomic E-state index is 0.0395. The summed E-state index contributed by atoms with van der Waals surface area (Å²) in [6, 6.07) is -0.752. The summed E-state index contributed by atoms with van der Waals surface area (Å²) in [6.07, 6.45) is 2.21. The van der Waals surface area contributed by atoms with Crippen molar-refractivity contribution >= 4 is 11.8 Å². The zero-order valence-electron chi connectivity index (χ0n) is 10.9. The topological polar surface area (TPSA) is 61.9 Å². The predicted molar refractivity (Wildman–Crippen MR) is 68.4 cm³/mol. The molecule has 104 valence electrons. The van der Waals surface area contributed by atoms with Crippen LogP contribution in [0.2, 0.25) is 0 Å². The Kier molecular flexibility index (Phi) is 3.28. The molecule has 3 fully saturated rings. The first-order valence-corrected chi connectivity index (χ1v) is 6.78. The van der Waals surface area contributed by atoms with Gasteiger partial charge in [0, 0.05) is 26.2 Å². The highest BCUT2D eigenvalue weighted by Crippen LogP contribution is 2.29. The summed E-state index contributed by atoms with van der Waals surface area (Å²) in [7, 11) is 0. The van der Waals surface area contributed by atoms with Gasteiger partial charge in [0.25, 0.3) is 0 Å². The van der Waals surface area contributed by atoms with Crippen LogP contribution in [0.15, 0.2) is 12.7 Å². The summed E-state index contributed by atoms with van der Waals surface area (Å²) in [5.74, 6) is 0.0964. The summed E-state index contributed by atoms with van der Waals surface area (Å²) in [4.78, 5) is 28.4. The minimum Gasteiger partial charge on any atom is -0.371 e. The molecule has 0 aromatic carbocycles. The SMILES string of the molecule is C=CCOC1CCN2C(=O)C3CNCCN3C(=O)C12. The number of nitrogens with zero attached hydrogens (tertiary/aromatic N) is 2. The Balaban J connectivity index is 1.82. The van der Waals surface area contributed by atoms with Gasteiger partial charge in [0.2, 0.25) is 11.8 Å². The van der Waals surface area contributed by atoms with E-state index in [0.29, 0.717) is 26.2 Å². The van der Waals surface area contributed by atoms with Crippen LogP contribution in [0, 0.1) is 0 Å². The highest BCUT2D eigenvalue weighted by Gasteiger charge is 2.52. The maximum Gasteiger partial charge on any atom is 0.248 e. The van der Waals surface area contributed by atoms with Gasteiger partial charge in [-0.2, -0.15) is 0 Å². The maximum atomic E-state index is 12.6. The second-order valence-corrected chi connectivity index (χ2v) is 5.18. The fourth-order valence-corrected chi connectivity index (χ4v) is 3.22. The van der Waals surface area contributed by atoms with Gasteiger partial charge in [-0.25, -0.2) is 0 Å². The number of ether oxygens (including phenoxy) is 1. The van der Waals surface area contributed by atoms with Crippen LogP contribution in [0.1, 0.15) is 6.42 Å². The number of carbonyl (C=O) groups excluding carboxylic acids is 2. The van der Waals surface area contributed by atoms with Crippen LogP contribution in [0.3, 0.4) is 0 Å². The quantitative estimate of drug-likeness (QED) is 0.663. The van der Waals surface area contributed by atoms with E-state index < -0.39 is 6.04 Å². The van der Waals surface area contributed by atoms with E-state index >= 15 is 0 Å². The van der Waals surface area contributed by atoms with E-state index in [4.69, 9.17) is 4.74 Å². The van der Waals surface area contributed by atoms with Crippen molar-refractivity contribution < 1.29 is 14.3 Å². The molecule has 6 heteroatoms. The average Bonchev–Trinajstić information content (AvgIpc) is 2.87. The molecule has 0 bridgehead atoms. The molecule has 0 aromatic rings. The number of nitrogens with one attached hydrogen (secondary N) is 1. The molecular weight excluding hydrogens is 246 g/mol. The van der Waals surface area contributed by atoms with Crippen LogP contribution in [0.4, 0.5) is 0 Å². The van der Waals surface area contributed by atoms with E-state index in [9.17, 15) is 9.59 Å². The Morgan fingerprint density at radius 2 is 2.16 bits per heavy atom. The smallest absolute Gasteiger partial charge is 0.248 e. The number of carbonyl (C=O) groups is 2. The average molecular weight is 265 g/mol. The highest BCUT2D eigenvalue weighted by molar-refractivity contribution is 5.98. The third-order valence-corrected chi connectivity index (χ3v) is 4.12. The van der Waals surface area contributed by atoms with Gasteiger partial charge in [-0.15, -0.1) is 6.58 Å². The van der Waals surface area contributed by atoms with E-state index in [1.165, 1.54) is 0 Å². The zero-order chi connectivity index (χ0) is 13.4. The van der Waals surface area contributed by atoms with Crippen molar-refractivity contribution in [2.24, 2.45) is 0 Å². The monoisotopic (exact) mass is 265 g/mol. The normalized spacial score (nSPS) is 34.2. The van der Waals surface area contributed by atoms with Crippen LogP contribution in [-0.2, 0) is 14.3 Å². The predicted octanol–water partition coefficient (Wildman–Crippen LogP) is -1.03. The Morgan fingerprint density at radius 1 is 1.32 bits per heavy atom. The second kappa shape index (κ2) is 4.94. The van der Waals surface area contributed by atoms with Crippen LogP contribution < -0.4 is 5.32 Å². The number of hydrogen-bond acceptors (Lipinski definition) is 4. The second-order valence-electron chi connectivity index (χ2n) is 5.18. The largest absolute Gasteiger partial charge is 0.371 e. The molecule has 3 aliphatic rings. The summed E-state index contributed by atoms with van der Waals surface area (Å²) < 4.78 is 5.64. The van der Waals surface area contributed by atoms with Crippen molar-refractivity contribution in [2.45, 2.75) is 24.6 Å². The van der Waals surface area contributed by atoms with Gasteiger partial charge >= 0.3 is 0 Å². The van der Waals surface area contributed by atoms with Gasteiger partial charge in [-0.3, -0.25) is 9.59 Å². The first-order valence-electron chi connectivity index (χ1n) is 6.78. The third kappa shape index (κ3) is 1.95. The number of rotatable bonds is 3. The Morgan fingerprint density at radius 3 is 2.95 bits per heavy atom. The molecule has 0 aromatic heterocycles. The lowest BCUT2D eigenvalue weighted by atomic mass is 10.0. The highest BCUT2D eigenvalue weighted by atomic mass is 16.5. The summed E-state index contributed by atoms with van der Waals surface area (Å²) in [5, 5.41) is 3.17. The van der Waals surface area contributed by atoms with Gasteiger partial charge in [0.05, 0.1) is 12.7 Å². The molecule has 1 N–H and O–H groups in total. The number of hydrogen-bond donors (Lipinski definition) is 1. The molecule has 0 aliphatic carbocycles. The number of amides is 2. The Bertz CT molecular complexity index is 412. The van der Waals surface area contributed by atoms with Gasteiger partial charge in [0.1, 0.15) is 12.1 Å². The first-order chi connectivity index (χ1) is 9.24. The molecule has 3 saturated heterocycles. The van der Waals surface area contributed by atoms with Crippen LogP contribution >= 0.6 is 0 Å². The van der Waals surface area contributed by atoms with E-state index in [2.05, 4.69) is 11.9 Å². The van der Waals surface area contributed by atoms with E-state index in [0.717, 1.165) is 13.0 Å². The Hall–Kier alpha value is -1.40. The molecular formula is C13H19N3O3. The fraction of sp³-hybridized carbons (Fsp3) is 0.692. The number of fused-ring (bicyclic) bond motifs is 2. The summed E-state index contributed by atoms with van der Waals surface area (Å²) >= 11 is 0. The lowest BCUT2D eigenvalue weighted by Gasteiger charge is -2.45. The maximum absolute atomic E-state index is 12.6. The van der Waals surface area contributed by atoms with Gasteiger partial charge < -0.3 is 19.9 Å². The lowest BCUT2D eigenvalue weighted by Crippen LogP contribution is -2.69. The van der Waals surface area contributed by atoms with Gasteiger partial charge in [-0.05, 0) is 6.42 Å². The molecule has 0 radical (unpaired) electrons. The molecule has 3 unspecified atom stereocenters. The zero-order valence-corrected chi connectivity index (χ0v) is 10.9. The van der Waals surface area contributed by atoms with Gasteiger partial charge in [-0.1, -0.05) is 6.08 Å². The van der Waals surface area contributed by atoms with Crippen LogP contribution in [0.25, 0.3) is 0 Å². The standard InChI is InChI=1S/C13H19N3O3/c1-2-7-19-10-3-5-16-11(10)13(18)15-6-4-14-8-9(15)12(16)17/h2,9-11,14H,1,3-8H2. The molecule has 3 atom stereocenters. The first kappa shape index (κ1) is 12.6. The van der Waals surface area contributed by atoms with Crippen LogP contribution in [0.5, 0.6) is 0 Å². The molecule has 3 rings (SSSR count). The lowest BCUT2D eigenvalue weighted by molar-refractivity contribution is -0.164. The van der Waals surface area contributed by atoms with Crippen molar-refractivity contribution in [2.75, 3.05) is 32.8 Å². The van der Waals surface area contributed by atoms with Crippen molar-refractivity contribution in [1.29, 1.82) is 0 Å². The summed E-state index contributed by atoms with van der Waals surface area (Å²) in [6.45, 7) is 6.56. The summed E-state index contributed by atoms with van der Waals surface area (Å²) in [5.41, 5.74) is 0. The Labute approximate surface area is 112 Å². The molecule has 0 spiro atoms. The molecule has 0 saturated carbocycles. The van der Waals surface area contributed by atoms with E-state index in [1.54, 1.807) is 15.9 Å². The van der Waals surface area contributed by atoms with Crippen LogP contribution in [-0.4, -0.2) is 72.6 Å². The molecule has 6 nitrogen and oxygen atoms in total. The van der Waals surface area contributed by atoms with Crippen molar-refractivity contribution in [3.8, 4) is 0 Å². The third-order valence-electron chi connectivity index (χ3n) is 4.12. The van der Waals surface area contributed by atoms with Gasteiger partial charge in [0.15, 0.2) is 0 Å². The molecule has 2 amide bonds. The van der Waals surface area contributed by atoms with Crippen molar-refractivity contribution in [3.63, 3.8) is 0 Å². The van der Waals surface area contributed by atoms with E-state index in [1.807, 2.05) is 0 Å². The molecule has 3 heterocycles. The fourth-order valence-electron chi connectivity index (χ4n) is 3.22. The minimum atomic E-state index is -0.429. The number of piperazine rings is 2. The van der Waals surface area contributed by atoms with Crippen molar-refractivity contribution in [1.82, 2.24) is 15.1 Å². The van der Waals surface area contributed by atoms with E-state index in [-0.39, 0.29) is 24.0 Å². The molecule has 3 aliphatic heterocycles. The van der Waals surface area contributed by atoms with Crippen molar-refractivity contribution in [3.05, 3.63) is 12.7 Å².